The summed E-state index contributed by atoms with van der Waals surface area (Å²) in [7, 11) is 0. The van der Waals surface area contributed by atoms with E-state index < -0.39 is 0 Å². The summed E-state index contributed by atoms with van der Waals surface area (Å²) in [6, 6.07) is 24.7. The Morgan fingerprint density at radius 1 is 0.710 bits per heavy atom. The van der Waals surface area contributed by atoms with Crippen molar-refractivity contribution in [3.8, 4) is 17.5 Å². The zero-order valence-corrected chi connectivity index (χ0v) is 17.9. The van der Waals surface area contributed by atoms with Crippen molar-refractivity contribution in [3.63, 3.8) is 0 Å². The van der Waals surface area contributed by atoms with Gasteiger partial charge in [-0.2, -0.15) is 5.26 Å². The molecule has 0 aliphatic carbocycles. The molecule has 0 fully saturated rings. The van der Waals surface area contributed by atoms with Crippen LogP contribution in [0.3, 0.4) is 0 Å². The summed E-state index contributed by atoms with van der Waals surface area (Å²) in [5, 5.41) is 10.4. The van der Waals surface area contributed by atoms with Gasteiger partial charge >= 0.3 is 0 Å². The van der Waals surface area contributed by atoms with E-state index in [9.17, 15) is 0 Å². The third-order valence-electron chi connectivity index (χ3n) is 4.66. The van der Waals surface area contributed by atoms with Crippen LogP contribution in [0.4, 0.5) is 0 Å². The molecule has 0 amide bonds. The second-order valence-corrected chi connectivity index (χ2v) is 7.72. The summed E-state index contributed by atoms with van der Waals surface area (Å²) in [5.74, 6) is 0.732. The predicted octanol–water partition coefficient (Wildman–Crippen LogP) is 7.60. The Labute approximate surface area is 190 Å². The van der Waals surface area contributed by atoms with Crippen molar-refractivity contribution < 1.29 is 0 Å². The molecule has 0 saturated carbocycles. The summed E-state index contributed by atoms with van der Waals surface area (Å²) in [4.78, 5) is 8.15. The number of H-pyrrole nitrogens is 1. The Morgan fingerprint density at radius 3 is 1.81 bits per heavy atom. The Balaban J connectivity index is 1.69. The standard InChI is InChI=1S/C26H17Cl2N3/c27-22-11-3-18(4-12-22)7-15-24-25(16-8-19-5-13-23(28)14-6-19)31-26(30-24)21-9-1-20(17-29)2-10-21/h1-16H,(H,30,31). The molecular weight excluding hydrogens is 425 g/mol. The van der Waals surface area contributed by atoms with Crippen molar-refractivity contribution >= 4 is 47.5 Å². The van der Waals surface area contributed by atoms with E-state index in [1.807, 2.05) is 85.0 Å². The molecule has 0 aliphatic rings. The maximum Gasteiger partial charge on any atom is 0.138 e. The van der Waals surface area contributed by atoms with Crippen molar-refractivity contribution in [3.05, 3.63) is 111 Å². The third kappa shape index (κ3) is 5.32. The lowest BCUT2D eigenvalue weighted by atomic mass is 10.1. The molecule has 150 valence electrons. The lowest BCUT2D eigenvalue weighted by Crippen LogP contribution is -1.81. The first-order valence-electron chi connectivity index (χ1n) is 9.58. The minimum Gasteiger partial charge on any atom is -0.338 e. The highest BCUT2D eigenvalue weighted by Crippen LogP contribution is 2.23. The molecule has 31 heavy (non-hydrogen) atoms. The van der Waals surface area contributed by atoms with Gasteiger partial charge in [-0.25, -0.2) is 4.98 Å². The Morgan fingerprint density at radius 2 is 1.26 bits per heavy atom. The molecule has 0 spiro atoms. The average Bonchev–Trinajstić information content (AvgIpc) is 3.21. The Bertz CT molecular complexity index is 1200. The van der Waals surface area contributed by atoms with Crippen LogP contribution in [0.2, 0.25) is 10.0 Å². The van der Waals surface area contributed by atoms with Crippen molar-refractivity contribution in [2.45, 2.75) is 0 Å². The van der Waals surface area contributed by atoms with E-state index in [0.29, 0.717) is 15.6 Å². The van der Waals surface area contributed by atoms with Crippen LogP contribution in [0.25, 0.3) is 35.7 Å². The van der Waals surface area contributed by atoms with E-state index in [2.05, 4.69) is 11.1 Å². The number of benzene rings is 3. The van der Waals surface area contributed by atoms with Gasteiger partial charge in [0.1, 0.15) is 5.82 Å². The normalized spacial score (nSPS) is 11.3. The number of nitrogens with one attached hydrogen (secondary N) is 1. The molecule has 0 radical (unpaired) electrons. The van der Waals surface area contributed by atoms with Crippen LogP contribution in [0.1, 0.15) is 28.1 Å². The van der Waals surface area contributed by atoms with Crippen molar-refractivity contribution in [1.82, 2.24) is 9.97 Å². The lowest BCUT2D eigenvalue weighted by molar-refractivity contribution is 1.30. The number of aromatic nitrogens is 2. The third-order valence-corrected chi connectivity index (χ3v) is 5.17. The van der Waals surface area contributed by atoms with Crippen LogP contribution < -0.4 is 0 Å². The molecule has 0 bridgehead atoms. The van der Waals surface area contributed by atoms with Crippen molar-refractivity contribution in [1.29, 1.82) is 5.26 Å². The number of aromatic amines is 1. The van der Waals surface area contributed by atoms with E-state index >= 15 is 0 Å². The Kier molecular flexibility index (Phi) is 6.33. The molecule has 0 saturated heterocycles. The highest BCUT2D eigenvalue weighted by molar-refractivity contribution is 6.30. The van der Waals surface area contributed by atoms with Gasteiger partial charge in [-0.3, -0.25) is 0 Å². The minimum atomic E-state index is 0.612. The molecule has 1 N–H and O–H groups in total. The first-order valence-corrected chi connectivity index (χ1v) is 10.3. The van der Waals surface area contributed by atoms with Crippen LogP contribution in [-0.4, -0.2) is 9.97 Å². The highest BCUT2D eigenvalue weighted by atomic mass is 35.5. The SMILES string of the molecule is N#Cc1ccc(-c2nc(C=Cc3ccc(Cl)cc3)c(C=Cc3ccc(Cl)cc3)[nH]2)cc1. The van der Waals surface area contributed by atoms with Gasteiger partial charge in [0.05, 0.1) is 23.0 Å². The summed E-state index contributed by atoms with van der Waals surface area (Å²) in [5.41, 5.74) is 5.26. The number of imidazole rings is 1. The maximum atomic E-state index is 9.03. The van der Waals surface area contributed by atoms with Gasteiger partial charge in [-0.05, 0) is 71.8 Å². The van der Waals surface area contributed by atoms with Crippen LogP contribution >= 0.6 is 23.2 Å². The summed E-state index contributed by atoms with van der Waals surface area (Å²) < 4.78 is 0. The number of halogens is 2. The van der Waals surface area contributed by atoms with Crippen molar-refractivity contribution in [2.75, 3.05) is 0 Å². The van der Waals surface area contributed by atoms with E-state index in [1.165, 1.54) is 0 Å². The molecule has 0 aliphatic heterocycles. The van der Waals surface area contributed by atoms with Gasteiger partial charge in [0.2, 0.25) is 0 Å². The van der Waals surface area contributed by atoms with Crippen LogP contribution in [-0.2, 0) is 0 Å². The summed E-state index contributed by atoms with van der Waals surface area (Å²) >= 11 is 12.0. The van der Waals surface area contributed by atoms with Crippen LogP contribution in [0.15, 0.2) is 72.8 Å². The van der Waals surface area contributed by atoms with E-state index in [1.54, 1.807) is 12.1 Å². The number of hydrogen-bond donors (Lipinski definition) is 1. The fraction of sp³-hybridized carbons (Fsp3) is 0. The molecule has 3 aromatic carbocycles. The first kappa shape index (κ1) is 20.7. The van der Waals surface area contributed by atoms with E-state index in [-0.39, 0.29) is 0 Å². The Hall–Kier alpha value is -3.58. The number of rotatable bonds is 5. The maximum absolute atomic E-state index is 9.03. The van der Waals surface area contributed by atoms with Gasteiger partial charge in [-0.15, -0.1) is 0 Å². The molecule has 1 aromatic heterocycles. The molecule has 4 aromatic rings. The lowest BCUT2D eigenvalue weighted by Gasteiger charge is -1.96. The zero-order chi connectivity index (χ0) is 21.6. The molecule has 0 unspecified atom stereocenters. The number of nitrogens with zero attached hydrogens (tertiary/aromatic N) is 2. The van der Waals surface area contributed by atoms with E-state index in [0.717, 1.165) is 33.9 Å². The molecule has 0 atom stereocenters. The van der Waals surface area contributed by atoms with Crippen molar-refractivity contribution in [2.24, 2.45) is 0 Å². The topological polar surface area (TPSA) is 52.5 Å². The summed E-state index contributed by atoms with van der Waals surface area (Å²) in [6.45, 7) is 0. The van der Waals surface area contributed by atoms with E-state index in [4.69, 9.17) is 33.4 Å². The number of nitriles is 1. The van der Waals surface area contributed by atoms with Gasteiger partial charge in [0.15, 0.2) is 0 Å². The largest absolute Gasteiger partial charge is 0.338 e. The minimum absolute atomic E-state index is 0.612. The quantitative estimate of drug-likeness (QED) is 0.346. The number of hydrogen-bond acceptors (Lipinski definition) is 2. The molecule has 1 heterocycles. The smallest absolute Gasteiger partial charge is 0.138 e. The fourth-order valence-electron chi connectivity index (χ4n) is 3.00. The fourth-order valence-corrected chi connectivity index (χ4v) is 3.25. The monoisotopic (exact) mass is 441 g/mol. The van der Waals surface area contributed by atoms with Crippen LogP contribution in [0.5, 0.6) is 0 Å². The average molecular weight is 442 g/mol. The summed E-state index contributed by atoms with van der Waals surface area (Å²) in [6.07, 6.45) is 7.96. The molecule has 4 rings (SSSR count). The van der Waals surface area contributed by atoms with Crippen LogP contribution in [0, 0.1) is 11.3 Å². The molecule has 5 heteroatoms. The van der Waals surface area contributed by atoms with Gasteiger partial charge in [0.25, 0.3) is 0 Å². The highest BCUT2D eigenvalue weighted by Gasteiger charge is 2.08. The second-order valence-electron chi connectivity index (χ2n) is 6.84. The van der Waals surface area contributed by atoms with Gasteiger partial charge < -0.3 is 4.98 Å². The second kappa shape index (κ2) is 9.49. The first-order chi connectivity index (χ1) is 15.1. The predicted molar refractivity (Wildman–Crippen MR) is 129 cm³/mol. The van der Waals surface area contributed by atoms with Gasteiger partial charge in [0, 0.05) is 15.6 Å². The zero-order valence-electron chi connectivity index (χ0n) is 16.4. The van der Waals surface area contributed by atoms with Gasteiger partial charge in [-0.1, -0.05) is 59.6 Å². The molecular formula is C26H17Cl2N3. The molecule has 3 nitrogen and oxygen atoms in total.